The van der Waals surface area contributed by atoms with Crippen molar-refractivity contribution in [2.75, 3.05) is 25.4 Å². The molecule has 0 unspecified atom stereocenters. The number of ether oxygens (including phenoxy) is 1. The number of nitrogens with one attached hydrogen (secondary N) is 1. The van der Waals surface area contributed by atoms with Crippen LogP contribution in [0.1, 0.15) is 18.4 Å². The molecule has 0 atom stereocenters. The Kier molecular flexibility index (Phi) is 6.76. The Bertz CT molecular complexity index is 1460. The topological polar surface area (TPSA) is 164 Å². The van der Waals surface area contributed by atoms with Gasteiger partial charge in [0.15, 0.2) is 23.7 Å². The standard InChI is InChI=1S/C24H27N9O3/c25-10-3-11-27-20(34)15-36-17-8-6-16(7-9-17)4-1-12-32-22-18(14-28-32)23-29-21(19-5-2-13-35-19)31-33(23)24(26)30-22/h2,5-9,13-14H,1,3-4,10-12,15,25H2,(H2,26,30)(H,27,34). The highest BCUT2D eigenvalue weighted by Crippen LogP contribution is 2.23. The maximum atomic E-state index is 11.7. The number of nitrogens with zero attached hydrogens (tertiary/aromatic N) is 6. The number of nitrogen functional groups attached to an aromatic ring is 1. The number of amides is 1. The minimum absolute atomic E-state index is 0.0191. The fourth-order valence-corrected chi connectivity index (χ4v) is 3.85. The van der Waals surface area contributed by atoms with Gasteiger partial charge in [-0.25, -0.2) is 9.67 Å². The first-order valence-corrected chi connectivity index (χ1v) is 11.7. The second-order valence-electron chi connectivity index (χ2n) is 8.25. The van der Waals surface area contributed by atoms with Gasteiger partial charge in [0.05, 0.1) is 17.8 Å². The molecule has 12 nitrogen and oxygen atoms in total. The fourth-order valence-electron chi connectivity index (χ4n) is 3.85. The normalized spacial score (nSPS) is 11.4. The third kappa shape index (κ3) is 4.98. The zero-order valence-electron chi connectivity index (χ0n) is 19.6. The molecule has 186 valence electrons. The molecule has 0 aliphatic heterocycles. The largest absolute Gasteiger partial charge is 0.484 e. The molecule has 0 radical (unpaired) electrons. The molecular weight excluding hydrogens is 462 g/mol. The SMILES string of the molecule is NCCCNC(=O)COc1ccc(CCCn2ncc3c2nc(N)n2nc(-c4ccco4)nc32)cc1. The molecule has 0 saturated heterocycles. The summed E-state index contributed by atoms with van der Waals surface area (Å²) in [6.07, 6.45) is 5.73. The summed E-state index contributed by atoms with van der Waals surface area (Å²) < 4.78 is 14.3. The lowest BCUT2D eigenvalue weighted by molar-refractivity contribution is -0.123. The predicted molar refractivity (Wildman–Crippen MR) is 133 cm³/mol. The number of benzene rings is 1. The van der Waals surface area contributed by atoms with Crippen LogP contribution in [0.5, 0.6) is 5.75 Å². The van der Waals surface area contributed by atoms with Gasteiger partial charge in [-0.05, 0) is 55.6 Å². The van der Waals surface area contributed by atoms with Gasteiger partial charge in [-0.2, -0.15) is 14.6 Å². The van der Waals surface area contributed by atoms with Gasteiger partial charge >= 0.3 is 0 Å². The third-order valence-corrected chi connectivity index (χ3v) is 5.67. The summed E-state index contributed by atoms with van der Waals surface area (Å²) in [5, 5.41) is 12.4. The second-order valence-corrected chi connectivity index (χ2v) is 8.25. The Morgan fingerprint density at radius 1 is 1.11 bits per heavy atom. The number of anilines is 1. The van der Waals surface area contributed by atoms with Crippen molar-refractivity contribution in [3.63, 3.8) is 0 Å². The van der Waals surface area contributed by atoms with Crippen LogP contribution in [0, 0.1) is 0 Å². The number of hydrogen-bond donors (Lipinski definition) is 3. The number of carbonyl (C=O) groups is 1. The number of carbonyl (C=O) groups excluding carboxylic acids is 1. The van der Waals surface area contributed by atoms with E-state index in [1.54, 1.807) is 24.6 Å². The van der Waals surface area contributed by atoms with Crippen LogP contribution < -0.4 is 21.5 Å². The van der Waals surface area contributed by atoms with Crippen molar-refractivity contribution in [3.05, 3.63) is 54.4 Å². The molecule has 0 aliphatic rings. The number of nitrogens with two attached hydrogens (primary N) is 2. The highest BCUT2D eigenvalue weighted by atomic mass is 16.5. The summed E-state index contributed by atoms with van der Waals surface area (Å²) in [5.74, 6) is 1.72. The monoisotopic (exact) mass is 489 g/mol. The molecule has 36 heavy (non-hydrogen) atoms. The summed E-state index contributed by atoms with van der Waals surface area (Å²) in [5.41, 5.74) is 14.0. The van der Waals surface area contributed by atoms with Gasteiger partial charge in [0.2, 0.25) is 11.8 Å². The molecule has 1 amide bonds. The van der Waals surface area contributed by atoms with Gasteiger partial charge in [0.25, 0.3) is 5.91 Å². The van der Waals surface area contributed by atoms with E-state index >= 15 is 0 Å². The number of aromatic nitrogens is 6. The van der Waals surface area contributed by atoms with Gasteiger partial charge in [-0.3, -0.25) is 4.79 Å². The first kappa shape index (κ1) is 23.3. The second kappa shape index (κ2) is 10.4. The molecule has 5 aromatic rings. The van der Waals surface area contributed by atoms with Crippen LogP contribution in [0.2, 0.25) is 0 Å². The molecule has 0 spiro atoms. The van der Waals surface area contributed by atoms with Gasteiger partial charge in [-0.1, -0.05) is 12.1 Å². The van der Waals surface area contributed by atoms with Crippen molar-refractivity contribution < 1.29 is 13.9 Å². The molecule has 0 saturated carbocycles. The summed E-state index contributed by atoms with van der Waals surface area (Å²) in [4.78, 5) is 20.8. The molecule has 12 heteroatoms. The Morgan fingerprint density at radius 3 is 2.75 bits per heavy atom. The van der Waals surface area contributed by atoms with E-state index in [2.05, 4.69) is 25.5 Å². The molecule has 0 bridgehead atoms. The van der Waals surface area contributed by atoms with Crippen molar-refractivity contribution in [2.24, 2.45) is 5.73 Å². The zero-order valence-corrected chi connectivity index (χ0v) is 19.6. The third-order valence-electron chi connectivity index (χ3n) is 5.67. The first-order chi connectivity index (χ1) is 17.6. The molecule has 4 heterocycles. The van der Waals surface area contributed by atoms with Crippen LogP contribution in [0.4, 0.5) is 5.95 Å². The van der Waals surface area contributed by atoms with Crippen LogP contribution in [0.25, 0.3) is 28.3 Å². The van der Waals surface area contributed by atoms with E-state index in [-0.39, 0.29) is 18.5 Å². The number of hydrogen-bond acceptors (Lipinski definition) is 9. The molecule has 0 fully saturated rings. The van der Waals surface area contributed by atoms with Gasteiger partial charge in [0.1, 0.15) is 5.75 Å². The maximum absolute atomic E-state index is 11.7. The van der Waals surface area contributed by atoms with E-state index in [9.17, 15) is 4.79 Å². The molecule has 0 aliphatic carbocycles. The number of rotatable bonds is 11. The molecule has 1 aromatic carbocycles. The van der Waals surface area contributed by atoms with Crippen LogP contribution in [0.15, 0.2) is 53.3 Å². The maximum Gasteiger partial charge on any atom is 0.257 e. The van der Waals surface area contributed by atoms with E-state index in [0.29, 0.717) is 48.3 Å². The molecule has 4 aromatic heterocycles. The minimum Gasteiger partial charge on any atom is -0.484 e. The number of furan rings is 1. The first-order valence-electron chi connectivity index (χ1n) is 11.7. The van der Waals surface area contributed by atoms with Crippen molar-refractivity contribution in [3.8, 4) is 17.3 Å². The molecular formula is C24H27N9O3. The highest BCUT2D eigenvalue weighted by Gasteiger charge is 2.17. The zero-order chi connectivity index (χ0) is 24.9. The number of aryl methyl sites for hydroxylation is 2. The minimum atomic E-state index is -0.159. The van der Waals surface area contributed by atoms with Crippen molar-refractivity contribution in [1.82, 2.24) is 34.7 Å². The average Bonchev–Trinajstić information content (AvgIpc) is 3.64. The van der Waals surface area contributed by atoms with Gasteiger partial charge in [-0.15, -0.1) is 5.10 Å². The smallest absolute Gasteiger partial charge is 0.257 e. The molecule has 5 N–H and O–H groups in total. The van der Waals surface area contributed by atoms with E-state index in [4.69, 9.17) is 20.6 Å². The van der Waals surface area contributed by atoms with Crippen LogP contribution in [-0.2, 0) is 17.8 Å². The van der Waals surface area contributed by atoms with Crippen molar-refractivity contribution in [2.45, 2.75) is 25.8 Å². The Balaban J connectivity index is 1.19. The molecule has 5 rings (SSSR count). The van der Waals surface area contributed by atoms with Gasteiger partial charge < -0.3 is 25.9 Å². The quantitative estimate of drug-likeness (QED) is 0.235. The highest BCUT2D eigenvalue weighted by molar-refractivity contribution is 5.90. The van der Waals surface area contributed by atoms with Crippen LogP contribution in [-0.4, -0.2) is 55.0 Å². The summed E-state index contributed by atoms with van der Waals surface area (Å²) in [6, 6.07) is 11.3. The van der Waals surface area contributed by atoms with E-state index < -0.39 is 0 Å². The van der Waals surface area contributed by atoms with E-state index in [0.717, 1.165) is 30.2 Å². The van der Waals surface area contributed by atoms with E-state index in [1.165, 1.54) is 4.52 Å². The summed E-state index contributed by atoms with van der Waals surface area (Å²) >= 11 is 0. The Hall–Kier alpha value is -4.45. The lowest BCUT2D eigenvalue weighted by Gasteiger charge is -2.08. The lowest BCUT2D eigenvalue weighted by atomic mass is 10.1. The van der Waals surface area contributed by atoms with E-state index in [1.807, 2.05) is 28.9 Å². The van der Waals surface area contributed by atoms with Crippen molar-refractivity contribution in [1.29, 1.82) is 0 Å². The van der Waals surface area contributed by atoms with Crippen LogP contribution >= 0.6 is 0 Å². The summed E-state index contributed by atoms with van der Waals surface area (Å²) in [7, 11) is 0. The Morgan fingerprint density at radius 2 is 1.97 bits per heavy atom. The van der Waals surface area contributed by atoms with Crippen molar-refractivity contribution >= 4 is 28.5 Å². The fraction of sp³-hybridized carbons (Fsp3) is 0.292. The Labute approximate surface area is 206 Å². The van der Waals surface area contributed by atoms with Crippen LogP contribution in [0.3, 0.4) is 0 Å². The van der Waals surface area contributed by atoms with Gasteiger partial charge in [0, 0.05) is 13.1 Å². The predicted octanol–water partition coefficient (Wildman–Crippen LogP) is 1.79. The lowest BCUT2D eigenvalue weighted by Crippen LogP contribution is -2.30. The number of fused-ring (bicyclic) bond motifs is 3. The average molecular weight is 490 g/mol. The summed E-state index contributed by atoms with van der Waals surface area (Å²) in [6.45, 7) is 1.74.